The first-order chi connectivity index (χ1) is 11.6. The summed E-state index contributed by atoms with van der Waals surface area (Å²) in [4.78, 5) is 27.5. The second-order valence-electron chi connectivity index (χ2n) is 5.14. The van der Waals surface area contributed by atoms with Gasteiger partial charge in [0.25, 0.3) is 5.91 Å². The van der Waals surface area contributed by atoms with Crippen molar-refractivity contribution in [3.63, 3.8) is 0 Å². The van der Waals surface area contributed by atoms with Crippen molar-refractivity contribution in [2.75, 3.05) is 5.32 Å². The van der Waals surface area contributed by atoms with Gasteiger partial charge >= 0.3 is 0 Å². The highest BCUT2D eigenvalue weighted by atomic mass is 16.5. The monoisotopic (exact) mass is 325 g/mol. The molecule has 6 nitrogen and oxygen atoms in total. The van der Waals surface area contributed by atoms with Gasteiger partial charge in [-0.2, -0.15) is 0 Å². The first kappa shape index (κ1) is 17.4. The van der Waals surface area contributed by atoms with Crippen LogP contribution in [0.4, 0.5) is 5.69 Å². The van der Waals surface area contributed by atoms with E-state index in [1.54, 1.807) is 12.1 Å². The van der Waals surface area contributed by atoms with Gasteiger partial charge in [-0.25, -0.2) is 5.48 Å². The standard InChI is InChI=1S/C18H19N3O3/c1-2-16(13-6-4-3-5-7-13)18(23)20-15-9-8-14(19-12-15)10-11-17(22)21-24/h3-12,16,24H,2H2,1H3,(H,20,23)(H,21,22)/b11-10+. The summed E-state index contributed by atoms with van der Waals surface area (Å²) in [6.45, 7) is 1.97. The molecule has 0 radical (unpaired) electrons. The van der Waals surface area contributed by atoms with Crippen LogP contribution in [0.25, 0.3) is 6.08 Å². The molecule has 0 aliphatic heterocycles. The van der Waals surface area contributed by atoms with Crippen LogP contribution in [0.3, 0.4) is 0 Å². The summed E-state index contributed by atoms with van der Waals surface area (Å²) in [6, 6.07) is 13.0. The molecule has 1 atom stereocenters. The van der Waals surface area contributed by atoms with E-state index in [1.165, 1.54) is 17.8 Å². The van der Waals surface area contributed by atoms with Gasteiger partial charge < -0.3 is 5.32 Å². The number of hydrogen-bond donors (Lipinski definition) is 3. The Kier molecular flexibility index (Phi) is 6.22. The van der Waals surface area contributed by atoms with Crippen LogP contribution in [0.5, 0.6) is 0 Å². The second kappa shape index (κ2) is 8.59. The summed E-state index contributed by atoms with van der Waals surface area (Å²) in [5, 5.41) is 11.3. The predicted octanol–water partition coefficient (Wildman–Crippen LogP) is 2.73. The minimum atomic E-state index is -0.636. The van der Waals surface area contributed by atoms with Crippen LogP contribution in [0.1, 0.15) is 30.5 Å². The van der Waals surface area contributed by atoms with Crippen molar-refractivity contribution < 1.29 is 14.8 Å². The molecule has 1 aromatic heterocycles. The van der Waals surface area contributed by atoms with Crippen LogP contribution < -0.4 is 10.8 Å². The topological polar surface area (TPSA) is 91.3 Å². The zero-order valence-electron chi connectivity index (χ0n) is 13.3. The number of nitrogens with zero attached hydrogens (tertiary/aromatic N) is 1. The maximum atomic E-state index is 12.4. The molecular weight excluding hydrogens is 306 g/mol. The molecular formula is C18H19N3O3. The predicted molar refractivity (Wildman–Crippen MR) is 91.3 cm³/mol. The molecule has 2 rings (SSSR count). The molecule has 0 saturated carbocycles. The van der Waals surface area contributed by atoms with Crippen LogP contribution in [0.15, 0.2) is 54.7 Å². The summed E-state index contributed by atoms with van der Waals surface area (Å²) >= 11 is 0. The van der Waals surface area contributed by atoms with Crippen molar-refractivity contribution in [2.45, 2.75) is 19.3 Å². The number of amides is 2. The van der Waals surface area contributed by atoms with Gasteiger partial charge in [0.1, 0.15) is 0 Å². The van der Waals surface area contributed by atoms with Gasteiger partial charge in [-0.05, 0) is 30.2 Å². The van der Waals surface area contributed by atoms with Crippen molar-refractivity contribution in [3.8, 4) is 0 Å². The summed E-state index contributed by atoms with van der Waals surface area (Å²) < 4.78 is 0. The number of hydrogen-bond acceptors (Lipinski definition) is 4. The molecule has 1 heterocycles. The van der Waals surface area contributed by atoms with Gasteiger partial charge in [0, 0.05) is 6.08 Å². The Morgan fingerprint density at radius 1 is 1.21 bits per heavy atom. The number of anilines is 1. The van der Waals surface area contributed by atoms with E-state index in [1.807, 2.05) is 37.3 Å². The Bertz CT molecular complexity index is 712. The fraction of sp³-hybridized carbons (Fsp3) is 0.167. The number of aromatic nitrogens is 1. The third kappa shape index (κ3) is 4.76. The Hall–Kier alpha value is -2.99. The van der Waals surface area contributed by atoms with Crippen molar-refractivity contribution in [3.05, 3.63) is 66.0 Å². The molecule has 1 aromatic carbocycles. The third-order valence-electron chi connectivity index (χ3n) is 3.50. The van der Waals surface area contributed by atoms with Gasteiger partial charge in [0.05, 0.1) is 23.5 Å². The average Bonchev–Trinajstić information content (AvgIpc) is 2.62. The average molecular weight is 325 g/mol. The zero-order valence-corrected chi connectivity index (χ0v) is 13.3. The Balaban J connectivity index is 2.03. The van der Waals surface area contributed by atoms with E-state index in [9.17, 15) is 9.59 Å². The van der Waals surface area contributed by atoms with E-state index >= 15 is 0 Å². The molecule has 124 valence electrons. The Labute approximate surface area is 140 Å². The molecule has 0 bridgehead atoms. The van der Waals surface area contributed by atoms with Crippen LogP contribution >= 0.6 is 0 Å². The molecule has 1 unspecified atom stereocenters. The number of pyridine rings is 1. The molecule has 0 aliphatic carbocycles. The van der Waals surface area contributed by atoms with Gasteiger partial charge in [-0.1, -0.05) is 37.3 Å². The number of carbonyl (C=O) groups is 2. The lowest BCUT2D eigenvalue weighted by Gasteiger charge is -2.15. The first-order valence-electron chi connectivity index (χ1n) is 7.58. The SMILES string of the molecule is CCC(C(=O)Nc1ccc(/C=C/C(=O)NO)nc1)c1ccccc1. The van der Waals surface area contributed by atoms with E-state index in [0.717, 1.165) is 11.6 Å². The lowest BCUT2D eigenvalue weighted by molar-refractivity contribution is -0.124. The molecule has 24 heavy (non-hydrogen) atoms. The summed E-state index contributed by atoms with van der Waals surface area (Å²) in [7, 11) is 0. The normalized spacial score (nSPS) is 11.9. The van der Waals surface area contributed by atoms with E-state index < -0.39 is 5.91 Å². The number of carbonyl (C=O) groups excluding carboxylic acids is 2. The molecule has 0 fully saturated rings. The molecule has 2 amide bonds. The van der Waals surface area contributed by atoms with Crippen molar-refractivity contribution >= 4 is 23.6 Å². The Morgan fingerprint density at radius 3 is 2.54 bits per heavy atom. The summed E-state index contributed by atoms with van der Waals surface area (Å²) in [6.07, 6.45) is 4.82. The van der Waals surface area contributed by atoms with Crippen molar-refractivity contribution in [2.24, 2.45) is 0 Å². The highest BCUT2D eigenvalue weighted by Crippen LogP contribution is 2.21. The maximum Gasteiger partial charge on any atom is 0.267 e. The smallest absolute Gasteiger partial charge is 0.267 e. The van der Waals surface area contributed by atoms with Crippen LogP contribution in [0, 0.1) is 0 Å². The quantitative estimate of drug-likeness (QED) is 0.433. The van der Waals surface area contributed by atoms with Crippen molar-refractivity contribution in [1.82, 2.24) is 10.5 Å². The molecule has 6 heteroatoms. The summed E-state index contributed by atoms with van der Waals surface area (Å²) in [5.74, 6) is -0.949. The van der Waals surface area contributed by atoms with Crippen LogP contribution in [-0.2, 0) is 9.59 Å². The van der Waals surface area contributed by atoms with Crippen LogP contribution in [0.2, 0.25) is 0 Å². The number of benzene rings is 1. The van der Waals surface area contributed by atoms with Gasteiger partial charge in [-0.15, -0.1) is 0 Å². The largest absolute Gasteiger partial charge is 0.324 e. The van der Waals surface area contributed by atoms with Gasteiger partial charge in [0.2, 0.25) is 5.91 Å². The van der Waals surface area contributed by atoms with Crippen LogP contribution in [-0.4, -0.2) is 22.0 Å². The molecule has 3 N–H and O–H groups in total. The first-order valence-corrected chi connectivity index (χ1v) is 7.58. The van der Waals surface area contributed by atoms with E-state index in [4.69, 9.17) is 5.21 Å². The van der Waals surface area contributed by atoms with Crippen molar-refractivity contribution in [1.29, 1.82) is 0 Å². The van der Waals surface area contributed by atoms with Gasteiger partial charge in [-0.3, -0.25) is 19.8 Å². The lowest BCUT2D eigenvalue weighted by Crippen LogP contribution is -2.20. The third-order valence-corrected chi connectivity index (χ3v) is 3.50. The minimum absolute atomic E-state index is 0.0894. The number of nitrogens with one attached hydrogen (secondary N) is 2. The highest BCUT2D eigenvalue weighted by Gasteiger charge is 2.18. The summed E-state index contributed by atoms with van der Waals surface area (Å²) in [5.41, 5.74) is 3.58. The van der Waals surface area contributed by atoms with E-state index in [-0.39, 0.29) is 11.8 Å². The Morgan fingerprint density at radius 2 is 1.96 bits per heavy atom. The second-order valence-corrected chi connectivity index (χ2v) is 5.14. The maximum absolute atomic E-state index is 12.4. The zero-order chi connectivity index (χ0) is 17.4. The van der Waals surface area contributed by atoms with E-state index in [2.05, 4.69) is 10.3 Å². The molecule has 2 aromatic rings. The molecule has 0 spiro atoms. The lowest BCUT2D eigenvalue weighted by atomic mass is 9.95. The fourth-order valence-corrected chi connectivity index (χ4v) is 2.26. The number of hydroxylamine groups is 1. The highest BCUT2D eigenvalue weighted by molar-refractivity contribution is 5.95. The molecule has 0 aliphatic rings. The van der Waals surface area contributed by atoms with E-state index in [0.29, 0.717) is 17.8 Å². The molecule has 0 saturated heterocycles. The van der Waals surface area contributed by atoms with Gasteiger partial charge in [0.15, 0.2) is 0 Å². The fourth-order valence-electron chi connectivity index (χ4n) is 2.26. The minimum Gasteiger partial charge on any atom is -0.324 e. The number of rotatable bonds is 6.